The maximum Gasteiger partial charge on any atom is 0.0590 e. The van der Waals surface area contributed by atoms with Gasteiger partial charge in [0.25, 0.3) is 0 Å². The number of hydrogen-bond donors (Lipinski definition) is 4. The predicted molar refractivity (Wildman–Crippen MR) is 156 cm³/mol. The van der Waals surface area contributed by atoms with E-state index in [0.29, 0.717) is 0 Å². The Balaban J connectivity index is 1.08. The van der Waals surface area contributed by atoms with E-state index in [1.54, 1.807) is 0 Å². The lowest BCUT2D eigenvalue weighted by Gasteiger charge is -2.15. The molecular formula is C32H35N5. The number of H-pyrrole nitrogens is 1. The van der Waals surface area contributed by atoms with Gasteiger partial charge in [0, 0.05) is 52.9 Å². The van der Waals surface area contributed by atoms with Gasteiger partial charge in [0.2, 0.25) is 0 Å². The van der Waals surface area contributed by atoms with Crippen LogP contribution in [0.5, 0.6) is 0 Å². The van der Waals surface area contributed by atoms with Crippen LogP contribution in [0.1, 0.15) is 36.2 Å². The van der Waals surface area contributed by atoms with E-state index in [4.69, 9.17) is 0 Å². The number of nitrogens with zero attached hydrogens (tertiary/aromatic N) is 1. The third-order valence-corrected chi connectivity index (χ3v) is 6.73. The summed E-state index contributed by atoms with van der Waals surface area (Å²) in [7, 11) is 0. The summed E-state index contributed by atoms with van der Waals surface area (Å²) >= 11 is 0. The molecule has 1 unspecified atom stereocenters. The number of pyridine rings is 1. The van der Waals surface area contributed by atoms with Crippen molar-refractivity contribution in [1.29, 1.82) is 0 Å². The van der Waals surface area contributed by atoms with Crippen LogP contribution in [0.15, 0.2) is 103 Å². The van der Waals surface area contributed by atoms with E-state index < -0.39 is 0 Å². The van der Waals surface area contributed by atoms with Gasteiger partial charge in [-0.1, -0.05) is 48.5 Å². The molecule has 37 heavy (non-hydrogen) atoms. The Morgan fingerprint density at radius 2 is 1.57 bits per heavy atom. The summed E-state index contributed by atoms with van der Waals surface area (Å²) in [5.41, 5.74) is 8.19. The number of benzene rings is 3. The molecule has 188 valence electrons. The summed E-state index contributed by atoms with van der Waals surface area (Å²) in [6.45, 7) is 4.02. The average Bonchev–Trinajstić information content (AvgIpc) is 3.36. The summed E-state index contributed by atoms with van der Waals surface area (Å²) in [4.78, 5) is 7.94. The molecule has 4 N–H and O–H groups in total. The second-order valence-corrected chi connectivity index (χ2v) is 9.47. The zero-order valence-electron chi connectivity index (χ0n) is 21.4. The lowest BCUT2D eigenvalue weighted by Crippen LogP contribution is -2.21. The molecule has 0 radical (unpaired) electrons. The van der Waals surface area contributed by atoms with Gasteiger partial charge in [0.1, 0.15) is 0 Å². The summed E-state index contributed by atoms with van der Waals surface area (Å²) in [5.74, 6) is 0. The minimum Gasteiger partial charge on any atom is -0.385 e. The van der Waals surface area contributed by atoms with Crippen molar-refractivity contribution >= 4 is 28.0 Å². The Morgan fingerprint density at radius 1 is 0.784 bits per heavy atom. The van der Waals surface area contributed by atoms with Crippen LogP contribution in [0.2, 0.25) is 0 Å². The molecule has 5 aromatic rings. The van der Waals surface area contributed by atoms with E-state index in [1.807, 2.05) is 12.3 Å². The number of fused-ring (bicyclic) bond motifs is 1. The molecule has 3 aromatic carbocycles. The zero-order chi connectivity index (χ0) is 25.3. The highest BCUT2D eigenvalue weighted by atomic mass is 14.9. The van der Waals surface area contributed by atoms with Crippen LogP contribution in [0.25, 0.3) is 10.9 Å². The quantitative estimate of drug-likeness (QED) is 0.139. The smallest absolute Gasteiger partial charge is 0.0590 e. The monoisotopic (exact) mass is 489 g/mol. The number of aromatic nitrogens is 2. The molecule has 1 atom stereocenters. The Labute approximate surface area is 219 Å². The van der Waals surface area contributed by atoms with Crippen LogP contribution in [0.3, 0.4) is 0 Å². The number of aromatic amines is 1. The number of rotatable bonds is 12. The van der Waals surface area contributed by atoms with E-state index in [-0.39, 0.29) is 6.04 Å². The normalized spacial score (nSPS) is 11.9. The molecule has 0 saturated heterocycles. The maximum atomic E-state index is 4.59. The molecule has 5 rings (SSSR count). The van der Waals surface area contributed by atoms with Gasteiger partial charge in [-0.25, -0.2) is 0 Å². The fourth-order valence-corrected chi connectivity index (χ4v) is 4.64. The Kier molecular flexibility index (Phi) is 8.14. The van der Waals surface area contributed by atoms with E-state index in [0.717, 1.165) is 55.1 Å². The van der Waals surface area contributed by atoms with Crippen molar-refractivity contribution in [3.05, 3.63) is 120 Å². The maximum absolute atomic E-state index is 4.59. The van der Waals surface area contributed by atoms with Gasteiger partial charge < -0.3 is 20.9 Å². The molecule has 0 saturated carbocycles. The minimum atomic E-state index is 0.196. The zero-order valence-corrected chi connectivity index (χ0v) is 21.4. The van der Waals surface area contributed by atoms with Crippen molar-refractivity contribution in [2.24, 2.45) is 0 Å². The van der Waals surface area contributed by atoms with Crippen LogP contribution in [0, 0.1) is 0 Å². The molecule has 0 aliphatic rings. The summed E-state index contributed by atoms with van der Waals surface area (Å²) in [5, 5.41) is 12.0. The van der Waals surface area contributed by atoms with Gasteiger partial charge in [-0.2, -0.15) is 0 Å². The molecule has 2 heterocycles. The number of aryl methyl sites for hydroxylation is 1. The van der Waals surface area contributed by atoms with Crippen LogP contribution in [-0.4, -0.2) is 23.1 Å². The standard InChI is InChI=1S/C32H35N5/c1-24(33-19-7-10-25-8-3-2-4-9-25)32-22-29(18-21-35-32)37-28-15-13-27(14-16-28)34-20-17-26-23-36-31-12-6-5-11-30(26)31/h2-6,8-9,11-16,18,21-24,33-34,36H,7,10,17,19-20H2,1H3,(H,35,37). The lowest BCUT2D eigenvalue weighted by atomic mass is 10.1. The molecule has 0 fully saturated rings. The van der Waals surface area contributed by atoms with Crippen LogP contribution in [0.4, 0.5) is 17.1 Å². The Bertz CT molecular complexity index is 1390. The van der Waals surface area contributed by atoms with E-state index in [1.165, 1.54) is 22.0 Å². The first-order valence-corrected chi connectivity index (χ1v) is 13.1. The number of anilines is 3. The van der Waals surface area contributed by atoms with E-state index in [2.05, 4.69) is 124 Å². The van der Waals surface area contributed by atoms with Gasteiger partial charge in [-0.15, -0.1) is 0 Å². The molecule has 0 bridgehead atoms. The molecule has 5 nitrogen and oxygen atoms in total. The molecule has 0 aliphatic carbocycles. The number of nitrogens with one attached hydrogen (secondary N) is 4. The van der Waals surface area contributed by atoms with Crippen LogP contribution < -0.4 is 16.0 Å². The Morgan fingerprint density at radius 3 is 2.43 bits per heavy atom. The summed E-state index contributed by atoms with van der Waals surface area (Å²) < 4.78 is 0. The largest absolute Gasteiger partial charge is 0.385 e. The van der Waals surface area contributed by atoms with Crippen molar-refractivity contribution in [3.63, 3.8) is 0 Å². The molecule has 0 spiro atoms. The molecule has 0 amide bonds. The predicted octanol–water partition coefficient (Wildman–Crippen LogP) is 7.24. The SMILES string of the molecule is CC(NCCCc1ccccc1)c1cc(Nc2ccc(NCCc3c[nH]c4ccccc34)cc2)ccn1. The van der Waals surface area contributed by atoms with Gasteiger partial charge in [0.15, 0.2) is 0 Å². The van der Waals surface area contributed by atoms with E-state index in [9.17, 15) is 0 Å². The highest BCUT2D eigenvalue weighted by Crippen LogP contribution is 2.22. The second kappa shape index (κ2) is 12.2. The minimum absolute atomic E-state index is 0.196. The Hall–Kier alpha value is -4.09. The van der Waals surface area contributed by atoms with Crippen molar-refractivity contribution in [2.45, 2.75) is 32.2 Å². The van der Waals surface area contributed by atoms with Crippen molar-refractivity contribution in [2.75, 3.05) is 23.7 Å². The first-order valence-electron chi connectivity index (χ1n) is 13.1. The van der Waals surface area contributed by atoms with Gasteiger partial charge >= 0.3 is 0 Å². The fourth-order valence-electron chi connectivity index (χ4n) is 4.64. The van der Waals surface area contributed by atoms with Crippen molar-refractivity contribution < 1.29 is 0 Å². The number of para-hydroxylation sites is 1. The summed E-state index contributed by atoms with van der Waals surface area (Å²) in [6.07, 6.45) is 7.16. The van der Waals surface area contributed by atoms with Gasteiger partial charge in [-0.3, -0.25) is 4.98 Å². The molecule has 0 aliphatic heterocycles. The fraction of sp³-hybridized carbons (Fsp3) is 0.219. The van der Waals surface area contributed by atoms with Crippen molar-refractivity contribution in [3.8, 4) is 0 Å². The van der Waals surface area contributed by atoms with E-state index >= 15 is 0 Å². The van der Waals surface area contributed by atoms with Crippen LogP contribution in [-0.2, 0) is 12.8 Å². The molecular weight excluding hydrogens is 454 g/mol. The summed E-state index contributed by atoms with van der Waals surface area (Å²) in [6, 6.07) is 31.9. The third kappa shape index (κ3) is 6.78. The first kappa shape index (κ1) is 24.6. The topological polar surface area (TPSA) is 64.8 Å². The first-order chi connectivity index (χ1) is 18.2. The van der Waals surface area contributed by atoms with Crippen LogP contribution >= 0.6 is 0 Å². The van der Waals surface area contributed by atoms with Crippen molar-refractivity contribution in [1.82, 2.24) is 15.3 Å². The van der Waals surface area contributed by atoms with Gasteiger partial charge in [-0.05, 0) is 86.3 Å². The molecule has 2 aromatic heterocycles. The third-order valence-electron chi connectivity index (χ3n) is 6.73. The highest BCUT2D eigenvalue weighted by Gasteiger charge is 2.08. The second-order valence-electron chi connectivity index (χ2n) is 9.47. The van der Waals surface area contributed by atoms with Gasteiger partial charge in [0.05, 0.1) is 5.69 Å². The number of hydrogen-bond acceptors (Lipinski definition) is 4. The lowest BCUT2D eigenvalue weighted by molar-refractivity contribution is 0.547. The average molecular weight is 490 g/mol. The molecule has 5 heteroatoms. The highest BCUT2D eigenvalue weighted by molar-refractivity contribution is 5.83.